The second-order valence-electron chi connectivity index (χ2n) is 3.21. The summed E-state index contributed by atoms with van der Waals surface area (Å²) in [6.07, 6.45) is -5.66. The summed E-state index contributed by atoms with van der Waals surface area (Å²) >= 11 is 3.76. The SMILES string of the molecule is N#Cc1cc(S)c(OC(F)(F)F)c(CC(=O)O)c1. The molecule has 0 aliphatic rings. The third kappa shape index (κ3) is 3.85. The van der Waals surface area contributed by atoms with Crippen LogP contribution in [0.25, 0.3) is 0 Å². The molecule has 0 amide bonds. The number of nitriles is 1. The Bertz CT molecular complexity index is 522. The van der Waals surface area contributed by atoms with Crippen LogP contribution in [0.5, 0.6) is 5.75 Å². The summed E-state index contributed by atoms with van der Waals surface area (Å²) in [5.74, 6) is -2.04. The summed E-state index contributed by atoms with van der Waals surface area (Å²) in [7, 11) is 0. The molecule has 1 rings (SSSR count). The average Bonchev–Trinajstić information content (AvgIpc) is 2.20. The third-order valence-electron chi connectivity index (χ3n) is 1.83. The number of benzene rings is 1. The minimum absolute atomic E-state index is 0.00535. The van der Waals surface area contributed by atoms with Gasteiger partial charge in [-0.3, -0.25) is 4.79 Å². The van der Waals surface area contributed by atoms with Gasteiger partial charge in [-0.25, -0.2) is 0 Å². The number of thiol groups is 1. The Morgan fingerprint density at radius 1 is 1.50 bits per heavy atom. The Kier molecular flexibility index (Phi) is 4.08. The number of ether oxygens (including phenoxy) is 1. The highest BCUT2D eigenvalue weighted by molar-refractivity contribution is 7.80. The first kappa shape index (κ1) is 14.2. The van der Waals surface area contributed by atoms with E-state index < -0.39 is 24.5 Å². The molecule has 0 unspecified atom stereocenters. The van der Waals surface area contributed by atoms with Gasteiger partial charge in [0.2, 0.25) is 0 Å². The third-order valence-corrected chi connectivity index (χ3v) is 2.17. The molecule has 0 aliphatic carbocycles. The van der Waals surface area contributed by atoms with E-state index in [1.165, 1.54) is 0 Å². The lowest BCUT2D eigenvalue weighted by atomic mass is 10.1. The average molecular weight is 277 g/mol. The number of carboxylic acid groups (broad SMARTS) is 1. The lowest BCUT2D eigenvalue weighted by Crippen LogP contribution is -2.19. The molecule has 0 aromatic heterocycles. The Labute approximate surface area is 105 Å². The molecule has 0 aliphatic heterocycles. The van der Waals surface area contributed by atoms with Gasteiger partial charge in [0.15, 0.2) is 0 Å². The number of nitrogens with zero attached hydrogens (tertiary/aromatic N) is 1. The fraction of sp³-hybridized carbons (Fsp3) is 0.200. The van der Waals surface area contributed by atoms with Crippen LogP contribution >= 0.6 is 12.6 Å². The van der Waals surface area contributed by atoms with Gasteiger partial charge < -0.3 is 9.84 Å². The summed E-state index contributed by atoms with van der Waals surface area (Å²) in [4.78, 5) is 10.3. The number of halogens is 3. The molecule has 0 atom stereocenters. The largest absolute Gasteiger partial charge is 0.573 e. The molecule has 1 N–H and O–H groups in total. The highest BCUT2D eigenvalue weighted by Crippen LogP contribution is 2.33. The van der Waals surface area contributed by atoms with Crippen molar-refractivity contribution in [2.24, 2.45) is 0 Å². The van der Waals surface area contributed by atoms with Crippen molar-refractivity contribution in [1.82, 2.24) is 0 Å². The van der Waals surface area contributed by atoms with Gasteiger partial charge in [0.05, 0.1) is 18.1 Å². The van der Waals surface area contributed by atoms with Gasteiger partial charge in [0.1, 0.15) is 5.75 Å². The quantitative estimate of drug-likeness (QED) is 0.832. The van der Waals surface area contributed by atoms with E-state index >= 15 is 0 Å². The summed E-state index contributed by atoms with van der Waals surface area (Å²) in [5, 5.41) is 17.2. The van der Waals surface area contributed by atoms with Gasteiger partial charge in [-0.15, -0.1) is 25.8 Å². The zero-order valence-electron chi connectivity index (χ0n) is 8.65. The van der Waals surface area contributed by atoms with E-state index in [1.807, 2.05) is 0 Å². The van der Waals surface area contributed by atoms with E-state index in [1.54, 1.807) is 6.07 Å². The van der Waals surface area contributed by atoms with Crippen molar-refractivity contribution in [3.05, 3.63) is 23.3 Å². The molecular weight excluding hydrogens is 271 g/mol. The second-order valence-corrected chi connectivity index (χ2v) is 3.70. The lowest BCUT2D eigenvalue weighted by molar-refractivity contribution is -0.275. The fourth-order valence-corrected chi connectivity index (χ4v) is 1.59. The van der Waals surface area contributed by atoms with E-state index in [0.717, 1.165) is 12.1 Å². The predicted molar refractivity (Wildman–Crippen MR) is 56.4 cm³/mol. The number of rotatable bonds is 3. The van der Waals surface area contributed by atoms with E-state index in [2.05, 4.69) is 17.4 Å². The van der Waals surface area contributed by atoms with E-state index in [4.69, 9.17) is 10.4 Å². The van der Waals surface area contributed by atoms with Gasteiger partial charge in [0.25, 0.3) is 0 Å². The number of carboxylic acids is 1. The van der Waals surface area contributed by atoms with E-state index in [-0.39, 0.29) is 16.0 Å². The highest BCUT2D eigenvalue weighted by atomic mass is 32.1. The maximum absolute atomic E-state index is 12.2. The Hall–Kier alpha value is -1.88. The molecule has 0 heterocycles. The zero-order valence-corrected chi connectivity index (χ0v) is 9.55. The van der Waals surface area contributed by atoms with Crippen molar-refractivity contribution in [3.63, 3.8) is 0 Å². The minimum atomic E-state index is -4.96. The monoisotopic (exact) mass is 277 g/mol. The normalized spacial score (nSPS) is 10.8. The lowest BCUT2D eigenvalue weighted by Gasteiger charge is -2.14. The van der Waals surface area contributed by atoms with Crippen LogP contribution in [0.2, 0.25) is 0 Å². The van der Waals surface area contributed by atoms with Gasteiger partial charge in [-0.05, 0) is 12.1 Å². The molecule has 1 aromatic carbocycles. The smallest absolute Gasteiger partial charge is 0.481 e. The van der Waals surface area contributed by atoms with Crippen molar-refractivity contribution >= 4 is 18.6 Å². The van der Waals surface area contributed by atoms with Crippen LogP contribution in [0.4, 0.5) is 13.2 Å². The van der Waals surface area contributed by atoms with Crippen molar-refractivity contribution in [3.8, 4) is 11.8 Å². The second kappa shape index (κ2) is 5.18. The number of hydrogen-bond donors (Lipinski definition) is 2. The molecule has 0 radical (unpaired) electrons. The maximum atomic E-state index is 12.2. The predicted octanol–water partition coefficient (Wildman–Crippen LogP) is 2.37. The Balaban J connectivity index is 3.29. The van der Waals surface area contributed by atoms with Crippen LogP contribution in [0.15, 0.2) is 17.0 Å². The fourth-order valence-electron chi connectivity index (χ4n) is 1.26. The van der Waals surface area contributed by atoms with Crippen LogP contribution in [0.3, 0.4) is 0 Å². The zero-order chi connectivity index (χ0) is 13.9. The van der Waals surface area contributed by atoms with Crippen LogP contribution in [-0.4, -0.2) is 17.4 Å². The first-order valence-corrected chi connectivity index (χ1v) is 4.91. The van der Waals surface area contributed by atoms with Crippen molar-refractivity contribution in [2.45, 2.75) is 17.7 Å². The molecule has 96 valence electrons. The molecule has 18 heavy (non-hydrogen) atoms. The molecule has 0 fully saturated rings. The topological polar surface area (TPSA) is 70.3 Å². The van der Waals surface area contributed by atoms with Crippen LogP contribution in [-0.2, 0) is 11.2 Å². The van der Waals surface area contributed by atoms with Crippen molar-refractivity contribution in [2.75, 3.05) is 0 Å². The van der Waals surface area contributed by atoms with Crippen LogP contribution in [0.1, 0.15) is 11.1 Å². The molecular formula is C10H6F3NO3S. The van der Waals surface area contributed by atoms with Gasteiger partial charge in [-0.2, -0.15) is 5.26 Å². The maximum Gasteiger partial charge on any atom is 0.573 e. The molecule has 8 heteroatoms. The molecule has 0 saturated carbocycles. The van der Waals surface area contributed by atoms with Gasteiger partial charge in [0, 0.05) is 10.5 Å². The summed E-state index contributed by atoms with van der Waals surface area (Å²) in [6, 6.07) is 3.78. The molecule has 0 spiro atoms. The standard InChI is InChI=1S/C10H6F3NO3S/c11-10(12,13)17-9-6(3-8(15)16)1-5(4-14)2-7(9)18/h1-2,18H,3H2,(H,15,16). The van der Waals surface area contributed by atoms with Gasteiger partial charge in [-0.1, -0.05) is 0 Å². The first-order valence-electron chi connectivity index (χ1n) is 4.46. The molecule has 4 nitrogen and oxygen atoms in total. The summed E-state index contributed by atoms with van der Waals surface area (Å²) in [6.45, 7) is 0. The van der Waals surface area contributed by atoms with Crippen LogP contribution in [0, 0.1) is 11.3 Å². The number of alkyl halides is 3. The molecule has 0 saturated heterocycles. The number of aliphatic carboxylic acids is 1. The molecule has 0 bridgehead atoms. The number of carbonyl (C=O) groups is 1. The Morgan fingerprint density at radius 2 is 2.11 bits per heavy atom. The summed E-state index contributed by atoms with van der Waals surface area (Å²) < 4.78 is 40.2. The van der Waals surface area contributed by atoms with E-state index in [9.17, 15) is 18.0 Å². The highest BCUT2D eigenvalue weighted by Gasteiger charge is 2.33. The summed E-state index contributed by atoms with van der Waals surface area (Å²) in [5.41, 5.74) is -0.255. The number of hydrogen-bond acceptors (Lipinski definition) is 4. The Morgan fingerprint density at radius 3 is 2.56 bits per heavy atom. The minimum Gasteiger partial charge on any atom is -0.481 e. The molecule has 1 aromatic rings. The first-order chi connectivity index (χ1) is 8.23. The van der Waals surface area contributed by atoms with Crippen LogP contribution < -0.4 is 4.74 Å². The van der Waals surface area contributed by atoms with Crippen molar-refractivity contribution < 1.29 is 27.8 Å². The van der Waals surface area contributed by atoms with Crippen molar-refractivity contribution in [1.29, 1.82) is 5.26 Å². The van der Waals surface area contributed by atoms with Gasteiger partial charge >= 0.3 is 12.3 Å². The van der Waals surface area contributed by atoms with E-state index in [0.29, 0.717) is 0 Å².